The van der Waals surface area contributed by atoms with Crippen LogP contribution < -0.4 is 5.73 Å². The first-order valence-electron chi connectivity index (χ1n) is 7.26. The lowest BCUT2D eigenvalue weighted by atomic mass is 9.99. The lowest BCUT2D eigenvalue weighted by molar-refractivity contribution is 1.65. The topological polar surface area (TPSA) is 26.0 Å². The summed E-state index contributed by atoms with van der Waals surface area (Å²) in [6.45, 7) is 0. The number of nitrogen functional groups attached to an aromatic ring is 1. The van der Waals surface area contributed by atoms with E-state index in [1.807, 2.05) is 23.5 Å². The number of rotatable bonds is 2. The molecule has 22 heavy (non-hydrogen) atoms. The van der Waals surface area contributed by atoms with Crippen LogP contribution in [0.3, 0.4) is 0 Å². The number of anilines is 1. The van der Waals surface area contributed by atoms with Crippen molar-refractivity contribution in [3.8, 4) is 21.6 Å². The molecule has 0 amide bonds. The van der Waals surface area contributed by atoms with Crippen LogP contribution >= 0.6 is 11.3 Å². The monoisotopic (exact) mass is 301 g/mol. The zero-order chi connectivity index (χ0) is 14.9. The molecule has 106 valence electrons. The van der Waals surface area contributed by atoms with Crippen molar-refractivity contribution in [2.75, 3.05) is 5.73 Å². The van der Waals surface area contributed by atoms with Crippen molar-refractivity contribution in [3.63, 3.8) is 0 Å². The molecule has 0 aliphatic rings. The van der Waals surface area contributed by atoms with E-state index >= 15 is 0 Å². The molecule has 3 aromatic carbocycles. The largest absolute Gasteiger partial charge is 0.399 e. The van der Waals surface area contributed by atoms with E-state index in [1.54, 1.807) is 0 Å². The molecule has 0 radical (unpaired) electrons. The molecule has 4 rings (SSSR count). The summed E-state index contributed by atoms with van der Waals surface area (Å²) in [4.78, 5) is 1.30. The molecule has 0 spiro atoms. The van der Waals surface area contributed by atoms with E-state index < -0.39 is 0 Å². The number of nitrogens with two attached hydrogens (primary N) is 1. The van der Waals surface area contributed by atoms with Crippen molar-refractivity contribution in [2.24, 2.45) is 0 Å². The van der Waals surface area contributed by atoms with Crippen molar-refractivity contribution in [3.05, 3.63) is 78.9 Å². The maximum absolute atomic E-state index is 5.83. The fraction of sp³-hybridized carbons (Fsp3) is 0. The van der Waals surface area contributed by atoms with Crippen LogP contribution in [0.5, 0.6) is 0 Å². The minimum Gasteiger partial charge on any atom is -0.399 e. The van der Waals surface area contributed by atoms with Crippen LogP contribution in [0.15, 0.2) is 78.9 Å². The average Bonchev–Trinajstić information content (AvgIpc) is 2.96. The van der Waals surface area contributed by atoms with E-state index in [0.29, 0.717) is 0 Å². The Bertz CT molecular complexity index is 921. The molecule has 0 aliphatic carbocycles. The summed E-state index contributed by atoms with van der Waals surface area (Å²) in [6, 6.07) is 27.3. The first-order valence-corrected chi connectivity index (χ1v) is 8.07. The second-order valence-corrected chi connectivity index (χ2v) is 6.34. The van der Waals surface area contributed by atoms with Crippen LogP contribution in [0.1, 0.15) is 0 Å². The van der Waals surface area contributed by atoms with Crippen LogP contribution in [0, 0.1) is 0 Å². The highest BCUT2D eigenvalue weighted by molar-refractivity contribution is 7.23. The second kappa shape index (κ2) is 5.32. The molecule has 2 heteroatoms. The van der Waals surface area contributed by atoms with Gasteiger partial charge < -0.3 is 5.73 Å². The van der Waals surface area contributed by atoms with Gasteiger partial charge in [-0.05, 0) is 29.3 Å². The Hall–Kier alpha value is -2.58. The van der Waals surface area contributed by atoms with E-state index in [1.165, 1.54) is 31.7 Å². The van der Waals surface area contributed by atoms with Crippen molar-refractivity contribution < 1.29 is 0 Å². The van der Waals surface area contributed by atoms with Gasteiger partial charge in [-0.25, -0.2) is 0 Å². The third-order valence-corrected chi connectivity index (χ3v) is 5.05. The van der Waals surface area contributed by atoms with Gasteiger partial charge in [0.25, 0.3) is 0 Å². The minimum absolute atomic E-state index is 0.797. The van der Waals surface area contributed by atoms with E-state index in [0.717, 1.165) is 5.69 Å². The van der Waals surface area contributed by atoms with Gasteiger partial charge in [-0.15, -0.1) is 11.3 Å². The molecule has 0 aliphatic heterocycles. The zero-order valence-corrected chi connectivity index (χ0v) is 12.8. The predicted molar refractivity (Wildman–Crippen MR) is 97.1 cm³/mol. The van der Waals surface area contributed by atoms with Gasteiger partial charge in [-0.3, -0.25) is 0 Å². The van der Waals surface area contributed by atoms with E-state index in [9.17, 15) is 0 Å². The highest BCUT2D eigenvalue weighted by Crippen LogP contribution is 2.44. The Morgan fingerprint density at radius 3 is 2.09 bits per heavy atom. The summed E-state index contributed by atoms with van der Waals surface area (Å²) in [7, 11) is 0. The first-order chi connectivity index (χ1) is 10.8. The molecule has 0 bridgehead atoms. The summed E-state index contributed by atoms with van der Waals surface area (Å²) in [5.41, 5.74) is 10.4. The minimum atomic E-state index is 0.797. The fourth-order valence-corrected chi connectivity index (χ4v) is 4.01. The SMILES string of the molecule is Nc1ccc(-c2sc3ccccc3c2-c2ccccc2)cc1. The summed E-state index contributed by atoms with van der Waals surface area (Å²) >= 11 is 1.84. The van der Waals surface area contributed by atoms with Gasteiger partial charge in [0.1, 0.15) is 0 Å². The lowest BCUT2D eigenvalue weighted by Crippen LogP contribution is -1.84. The van der Waals surface area contributed by atoms with E-state index in [4.69, 9.17) is 5.73 Å². The van der Waals surface area contributed by atoms with Gasteiger partial charge in [-0.1, -0.05) is 60.7 Å². The van der Waals surface area contributed by atoms with Crippen LogP contribution in [0.25, 0.3) is 31.7 Å². The van der Waals surface area contributed by atoms with Crippen LogP contribution in [0.2, 0.25) is 0 Å². The maximum atomic E-state index is 5.83. The summed E-state index contributed by atoms with van der Waals surface area (Å²) < 4.78 is 1.31. The molecule has 0 unspecified atom stereocenters. The molecule has 2 N–H and O–H groups in total. The van der Waals surface area contributed by atoms with Gasteiger partial charge in [0, 0.05) is 26.2 Å². The lowest BCUT2D eigenvalue weighted by Gasteiger charge is -2.06. The number of hydrogen-bond donors (Lipinski definition) is 1. The Morgan fingerprint density at radius 2 is 1.32 bits per heavy atom. The molecule has 4 aromatic rings. The van der Waals surface area contributed by atoms with Crippen molar-refractivity contribution in [1.82, 2.24) is 0 Å². The number of fused-ring (bicyclic) bond motifs is 1. The Labute approximate surface area is 133 Å². The molecule has 0 saturated heterocycles. The summed E-state index contributed by atoms with van der Waals surface area (Å²) in [6.07, 6.45) is 0. The maximum Gasteiger partial charge on any atom is 0.0433 e. The van der Waals surface area contributed by atoms with Gasteiger partial charge in [0.05, 0.1) is 0 Å². The quantitative estimate of drug-likeness (QED) is 0.464. The number of benzene rings is 3. The zero-order valence-electron chi connectivity index (χ0n) is 12.0. The van der Waals surface area contributed by atoms with Gasteiger partial charge >= 0.3 is 0 Å². The summed E-state index contributed by atoms with van der Waals surface area (Å²) in [5, 5.41) is 1.31. The van der Waals surface area contributed by atoms with Crippen molar-refractivity contribution in [2.45, 2.75) is 0 Å². The molecule has 0 fully saturated rings. The molecule has 1 aromatic heterocycles. The standard InChI is InChI=1S/C20H15NS/c21-16-12-10-15(11-13-16)20-19(14-6-2-1-3-7-14)17-8-4-5-9-18(17)22-20/h1-13H,21H2. The van der Waals surface area contributed by atoms with Crippen molar-refractivity contribution in [1.29, 1.82) is 0 Å². The Balaban J connectivity index is 2.04. The van der Waals surface area contributed by atoms with E-state index in [2.05, 4.69) is 66.7 Å². The normalized spacial score (nSPS) is 10.9. The predicted octanol–water partition coefficient (Wildman–Crippen LogP) is 5.82. The van der Waals surface area contributed by atoms with Gasteiger partial charge in [0.15, 0.2) is 0 Å². The number of thiophene rings is 1. The number of hydrogen-bond acceptors (Lipinski definition) is 2. The Morgan fingerprint density at radius 1 is 0.636 bits per heavy atom. The highest BCUT2D eigenvalue weighted by Gasteiger charge is 2.14. The second-order valence-electron chi connectivity index (χ2n) is 5.29. The third kappa shape index (κ3) is 2.18. The van der Waals surface area contributed by atoms with Crippen LogP contribution in [-0.4, -0.2) is 0 Å². The molecule has 0 atom stereocenters. The molecular weight excluding hydrogens is 286 g/mol. The summed E-state index contributed by atoms with van der Waals surface area (Å²) in [5.74, 6) is 0. The average molecular weight is 301 g/mol. The van der Waals surface area contributed by atoms with Crippen molar-refractivity contribution >= 4 is 27.1 Å². The smallest absolute Gasteiger partial charge is 0.0433 e. The van der Waals surface area contributed by atoms with Crippen LogP contribution in [-0.2, 0) is 0 Å². The molecule has 0 saturated carbocycles. The van der Waals surface area contributed by atoms with Crippen LogP contribution in [0.4, 0.5) is 5.69 Å². The molecule has 1 heterocycles. The molecular formula is C20H15NS. The van der Waals surface area contributed by atoms with Gasteiger partial charge in [0.2, 0.25) is 0 Å². The first kappa shape index (κ1) is 13.1. The molecule has 1 nitrogen and oxygen atoms in total. The highest BCUT2D eigenvalue weighted by atomic mass is 32.1. The van der Waals surface area contributed by atoms with Gasteiger partial charge in [-0.2, -0.15) is 0 Å². The van der Waals surface area contributed by atoms with E-state index in [-0.39, 0.29) is 0 Å². The Kier molecular flexibility index (Phi) is 3.17. The fourth-order valence-electron chi connectivity index (χ4n) is 2.77. The third-order valence-electron chi connectivity index (χ3n) is 3.83.